The maximum Gasteiger partial charge on any atom is 0.407 e. The number of aliphatic hydroxyl groups is 1. The van der Waals surface area contributed by atoms with Crippen LogP contribution in [0.25, 0.3) is 10.9 Å². The fourth-order valence-electron chi connectivity index (χ4n) is 8.97. The number of hydrogen-bond acceptors (Lipinski definition) is 14. The molecule has 9 N–H and O–H groups in total. The van der Waals surface area contributed by atoms with Gasteiger partial charge in [-0.2, -0.15) is 0 Å². The van der Waals surface area contributed by atoms with Gasteiger partial charge in [-0.25, -0.2) is 19.4 Å². The molecule has 5 rings (SSSR count). The minimum absolute atomic E-state index is 0.111. The zero-order valence-corrected chi connectivity index (χ0v) is 49.7. The fraction of sp³-hybridized carbons (Fsp3) is 0.443. The van der Waals surface area contributed by atoms with Crippen LogP contribution in [0, 0.1) is 18.8 Å². The quantitative estimate of drug-likeness (QED) is 0.0150. The number of nitrogens with two attached hydrogens (primary N) is 1. The first-order valence-electron chi connectivity index (χ1n) is 28.1. The number of rotatable bonds is 33. The normalized spacial score (nSPS) is 13.0. The summed E-state index contributed by atoms with van der Waals surface area (Å²) in [6.07, 6.45) is -1.24. The molecule has 0 saturated carbocycles. The van der Waals surface area contributed by atoms with Crippen molar-refractivity contribution in [3.8, 4) is 0 Å². The second kappa shape index (κ2) is 33.9. The molecule has 1 heterocycles. The van der Waals surface area contributed by atoms with Crippen LogP contribution in [0.15, 0.2) is 114 Å². The van der Waals surface area contributed by atoms with Gasteiger partial charge < -0.3 is 66.6 Å². The molecule has 0 fully saturated rings. The maximum atomic E-state index is 14.6. The van der Waals surface area contributed by atoms with Crippen molar-refractivity contribution in [1.29, 1.82) is 0 Å². The number of alkyl carbamates (subject to hydrolysis) is 2. The molecule has 0 aliphatic rings. The van der Waals surface area contributed by atoms with Gasteiger partial charge in [-0.15, -0.1) is 0 Å². The SMILES string of the molecule is C=C(CCNC(=O)OCC(OC)OC(CC)CO)N[C@@H](C(=O)N[C@H](CCCNC(N)=O)C(=O)Nc1ccc(COC(=O)NCCCN(C(=O)c2ccc(C)cc2)[C@@H](c2nc3cc(Cl)ccc3c(=O)n2Cc2ccccc2)C(C)C)cc1)C(C)C. The smallest absolute Gasteiger partial charge is 0.407 e. The van der Waals surface area contributed by atoms with Crippen molar-refractivity contribution in [2.45, 2.75) is 117 Å². The van der Waals surface area contributed by atoms with E-state index in [1.165, 1.54) is 7.11 Å². The number of amides is 7. The number of carbonyl (C=O) groups excluding carboxylic acids is 6. The summed E-state index contributed by atoms with van der Waals surface area (Å²) in [6.45, 7) is 15.6. The van der Waals surface area contributed by atoms with Crippen LogP contribution in [0.4, 0.5) is 20.1 Å². The van der Waals surface area contributed by atoms with Crippen LogP contribution in [-0.4, -0.2) is 126 Å². The van der Waals surface area contributed by atoms with Crippen molar-refractivity contribution in [2.24, 2.45) is 17.6 Å². The van der Waals surface area contributed by atoms with Crippen LogP contribution in [0.1, 0.15) is 106 Å². The summed E-state index contributed by atoms with van der Waals surface area (Å²) in [5, 5.41) is 26.9. The molecule has 84 heavy (non-hydrogen) atoms. The highest BCUT2D eigenvalue weighted by Gasteiger charge is 2.33. The van der Waals surface area contributed by atoms with E-state index in [1.54, 1.807) is 64.1 Å². The van der Waals surface area contributed by atoms with E-state index in [0.29, 0.717) is 63.5 Å². The molecule has 2 unspecified atom stereocenters. The first kappa shape index (κ1) is 66.7. The van der Waals surface area contributed by atoms with Crippen molar-refractivity contribution in [3.05, 3.63) is 153 Å². The first-order chi connectivity index (χ1) is 40.2. The van der Waals surface area contributed by atoms with Crippen molar-refractivity contribution in [3.63, 3.8) is 0 Å². The summed E-state index contributed by atoms with van der Waals surface area (Å²) in [4.78, 5) is 100. The molecule has 5 atom stereocenters. The number of aryl methyl sites for hydroxylation is 1. The van der Waals surface area contributed by atoms with Crippen LogP contribution in [-0.2, 0) is 41.7 Å². The molecule has 0 aliphatic heterocycles. The molecule has 4 aromatic carbocycles. The van der Waals surface area contributed by atoms with Gasteiger partial charge >= 0.3 is 18.2 Å². The molecular formula is C61H81ClN10O12. The molecule has 0 spiro atoms. The number of nitrogens with zero attached hydrogens (tertiary/aromatic N) is 3. The van der Waals surface area contributed by atoms with Gasteiger partial charge in [-0.05, 0) is 98.0 Å². The lowest BCUT2D eigenvalue weighted by Crippen LogP contribution is -2.53. The largest absolute Gasteiger partial charge is 0.445 e. The van der Waals surface area contributed by atoms with Crippen LogP contribution in [0.3, 0.4) is 0 Å². The van der Waals surface area contributed by atoms with Crippen molar-refractivity contribution in [2.75, 3.05) is 51.8 Å². The Bertz CT molecular complexity index is 3030. The third kappa shape index (κ3) is 21.0. The lowest BCUT2D eigenvalue weighted by Gasteiger charge is -2.35. The molecule has 0 saturated heterocycles. The Hall–Kier alpha value is -8.05. The topological polar surface area (TPSA) is 296 Å². The van der Waals surface area contributed by atoms with Gasteiger partial charge in [0.1, 0.15) is 31.1 Å². The van der Waals surface area contributed by atoms with Crippen LogP contribution in [0.2, 0.25) is 5.02 Å². The van der Waals surface area contributed by atoms with E-state index in [4.69, 9.17) is 41.3 Å². The van der Waals surface area contributed by atoms with Crippen LogP contribution < -0.4 is 43.2 Å². The molecule has 5 aromatic rings. The predicted molar refractivity (Wildman–Crippen MR) is 321 cm³/mol. The molecule has 454 valence electrons. The number of methoxy groups -OCH3 is 1. The Balaban J connectivity index is 1.18. The summed E-state index contributed by atoms with van der Waals surface area (Å²) in [6, 6.07) is 25.1. The average Bonchev–Trinajstić information content (AvgIpc) is 1.70. The highest BCUT2D eigenvalue weighted by molar-refractivity contribution is 6.31. The summed E-state index contributed by atoms with van der Waals surface area (Å²) in [5.41, 5.74) is 9.15. The standard InChI is InChI=1S/C61H81ClN10O12/c1-9-47(35-73)84-51(81-8)37-83-61(80)66-31-28-41(7)67-52(38(2)3)56(75)70-49(17-13-29-64-59(63)78)55(74)68-46-25-20-43(21-26-46)36-82-60(79)65-30-14-32-71(57(76)44-22-18-40(6)19-23-44)53(39(4)5)54-69-50-33-45(62)24-27-48(50)58(77)72(54)34-42-15-11-10-12-16-42/h10-12,15-16,18-27,33,38-39,47,49,51-53,67,73H,7,9,13-14,17,28-32,34-37H2,1-6,8H3,(H,65,79)(H,66,80)(H,68,74)(H,70,75)(H3,63,64,78)/t47?,49-,51?,52-,53-/m1/s1. The minimum Gasteiger partial charge on any atom is -0.445 e. The van der Waals surface area contributed by atoms with Gasteiger partial charge in [-0.1, -0.05) is 113 Å². The molecular weight excluding hydrogens is 1100 g/mol. The molecule has 22 nitrogen and oxygen atoms in total. The maximum absolute atomic E-state index is 14.6. The number of fused-ring (bicyclic) bond motifs is 1. The zero-order valence-electron chi connectivity index (χ0n) is 48.9. The number of aliphatic hydroxyl groups excluding tert-OH is 1. The van der Waals surface area contributed by atoms with Gasteiger partial charge in [0.25, 0.3) is 11.5 Å². The Morgan fingerprint density at radius 3 is 2.13 bits per heavy atom. The van der Waals surface area contributed by atoms with Gasteiger partial charge in [0, 0.05) is 61.7 Å². The number of ether oxygens (including phenoxy) is 4. The molecule has 0 aliphatic carbocycles. The lowest BCUT2D eigenvalue weighted by molar-refractivity contribution is -0.181. The third-order valence-corrected chi connectivity index (χ3v) is 13.8. The monoisotopic (exact) mass is 1180 g/mol. The van der Waals surface area contributed by atoms with Crippen molar-refractivity contribution < 1.29 is 52.8 Å². The highest BCUT2D eigenvalue weighted by Crippen LogP contribution is 2.31. The number of benzene rings is 4. The number of urea groups is 1. The van der Waals surface area contributed by atoms with E-state index in [-0.39, 0.29) is 88.7 Å². The van der Waals surface area contributed by atoms with Crippen molar-refractivity contribution in [1.82, 2.24) is 41.0 Å². The van der Waals surface area contributed by atoms with E-state index in [2.05, 4.69) is 38.5 Å². The number of primary amides is 1. The average molecular weight is 1180 g/mol. The van der Waals surface area contributed by atoms with Gasteiger partial charge in [0.2, 0.25) is 11.8 Å². The summed E-state index contributed by atoms with van der Waals surface area (Å²) in [7, 11) is 1.39. The summed E-state index contributed by atoms with van der Waals surface area (Å²) in [5.74, 6) is -1.39. The van der Waals surface area contributed by atoms with Crippen LogP contribution >= 0.6 is 11.6 Å². The van der Waals surface area contributed by atoms with Crippen LogP contribution in [0.5, 0.6) is 0 Å². The summed E-state index contributed by atoms with van der Waals surface area (Å²) >= 11 is 6.42. The Labute approximate surface area is 495 Å². The number of nitrogens with one attached hydrogen (secondary N) is 6. The second-order valence-corrected chi connectivity index (χ2v) is 21.3. The minimum atomic E-state index is -1.04. The predicted octanol–water partition coefficient (Wildman–Crippen LogP) is 7.44. The first-order valence-corrected chi connectivity index (χ1v) is 28.5. The Kier molecular flexibility index (Phi) is 26.9. The van der Waals surface area contributed by atoms with E-state index < -0.39 is 60.6 Å². The second-order valence-electron chi connectivity index (χ2n) is 20.9. The van der Waals surface area contributed by atoms with Gasteiger partial charge in [0.15, 0.2) is 6.29 Å². The molecule has 23 heteroatoms. The fourth-order valence-corrected chi connectivity index (χ4v) is 9.13. The van der Waals surface area contributed by atoms with E-state index in [1.807, 2.05) is 84.0 Å². The highest BCUT2D eigenvalue weighted by atomic mass is 35.5. The Morgan fingerprint density at radius 2 is 1.49 bits per heavy atom. The number of halogens is 1. The summed E-state index contributed by atoms with van der Waals surface area (Å²) < 4.78 is 23.1. The molecule has 0 radical (unpaired) electrons. The van der Waals surface area contributed by atoms with E-state index >= 15 is 0 Å². The molecule has 1 aromatic heterocycles. The number of aromatic nitrogens is 2. The number of anilines is 1. The van der Waals surface area contributed by atoms with Gasteiger partial charge in [-0.3, -0.25) is 23.7 Å². The third-order valence-electron chi connectivity index (χ3n) is 13.6. The molecule has 7 amide bonds. The van der Waals surface area contributed by atoms with E-state index in [0.717, 1.165) is 11.1 Å². The van der Waals surface area contributed by atoms with Crippen molar-refractivity contribution >= 4 is 64.1 Å². The Morgan fingerprint density at radius 1 is 0.810 bits per heavy atom. The number of hydrogen-bond donors (Lipinski definition) is 8. The van der Waals surface area contributed by atoms with Gasteiger partial charge in [0.05, 0.1) is 36.2 Å². The lowest BCUT2D eigenvalue weighted by atomic mass is 9.98. The zero-order chi connectivity index (χ0) is 61.3. The molecule has 0 bridgehead atoms. The number of carbonyl (C=O) groups is 6. The van der Waals surface area contributed by atoms with E-state index in [9.17, 15) is 38.7 Å².